The minimum Gasteiger partial charge on any atom is -0.463 e. The molecule has 1 aliphatic rings. The van der Waals surface area contributed by atoms with E-state index in [2.05, 4.69) is 68.3 Å². The van der Waals surface area contributed by atoms with Crippen LogP contribution in [-0.2, 0) is 16.0 Å². The molecule has 194 valence electrons. The fourth-order valence-electron chi connectivity index (χ4n) is 4.86. The minimum atomic E-state index is -0.269. The van der Waals surface area contributed by atoms with Gasteiger partial charge in [-0.05, 0) is 46.0 Å². The van der Waals surface area contributed by atoms with E-state index >= 15 is 0 Å². The predicted octanol–water partition coefficient (Wildman–Crippen LogP) is 5.26. The van der Waals surface area contributed by atoms with Gasteiger partial charge in [0.05, 0.1) is 18.2 Å². The number of rotatable bonds is 10. The van der Waals surface area contributed by atoms with E-state index < -0.39 is 0 Å². The molecule has 0 fully saturated rings. The summed E-state index contributed by atoms with van der Waals surface area (Å²) in [5, 5.41) is 16.5. The van der Waals surface area contributed by atoms with Crippen LogP contribution in [0.15, 0.2) is 90.1 Å². The van der Waals surface area contributed by atoms with Crippen molar-refractivity contribution >= 4 is 5.97 Å². The minimum absolute atomic E-state index is 0.247. The maximum atomic E-state index is 13.3. The number of benzene rings is 3. The molecule has 0 radical (unpaired) electrons. The first-order chi connectivity index (χ1) is 18.7. The van der Waals surface area contributed by atoms with Gasteiger partial charge >= 0.3 is 5.97 Å². The Morgan fingerprint density at radius 1 is 0.947 bits per heavy atom. The molecule has 8 heteroatoms. The van der Waals surface area contributed by atoms with Crippen molar-refractivity contribution in [2.24, 2.45) is 0 Å². The van der Waals surface area contributed by atoms with E-state index in [0.717, 1.165) is 52.9 Å². The summed E-state index contributed by atoms with van der Waals surface area (Å²) in [5.74, 6) is 0.360. The number of aromatic nitrogens is 4. The van der Waals surface area contributed by atoms with E-state index in [4.69, 9.17) is 4.74 Å². The molecule has 4 aromatic rings. The number of unbranched alkanes of at least 4 members (excludes halogenated alkanes) is 1. The molecule has 8 nitrogen and oxygen atoms in total. The second-order valence-corrected chi connectivity index (χ2v) is 9.23. The van der Waals surface area contributed by atoms with Gasteiger partial charge in [-0.1, -0.05) is 92.2 Å². The van der Waals surface area contributed by atoms with Crippen LogP contribution in [0, 0.1) is 0 Å². The summed E-state index contributed by atoms with van der Waals surface area (Å²) in [6.45, 7) is 5.17. The number of carbonyl (C=O) groups is 1. The van der Waals surface area contributed by atoms with Crippen LogP contribution in [0.1, 0.15) is 43.9 Å². The van der Waals surface area contributed by atoms with Crippen molar-refractivity contribution in [2.75, 3.05) is 13.2 Å². The molecule has 0 saturated carbocycles. The Bertz CT molecular complexity index is 1380. The number of esters is 1. The van der Waals surface area contributed by atoms with E-state index in [1.165, 1.54) is 0 Å². The summed E-state index contributed by atoms with van der Waals surface area (Å²) < 4.78 is 5.54. The summed E-state index contributed by atoms with van der Waals surface area (Å²) in [7, 11) is 0. The lowest BCUT2D eigenvalue weighted by atomic mass is 9.95. The first kappa shape index (κ1) is 25.4. The Morgan fingerprint density at radius 3 is 2.37 bits per heavy atom. The molecular weight excluding hydrogens is 476 g/mol. The first-order valence-corrected chi connectivity index (χ1v) is 13.1. The maximum Gasteiger partial charge on any atom is 0.337 e. The molecule has 1 aromatic heterocycles. The number of tetrazole rings is 1. The number of nitrogens with zero attached hydrogens (tertiary/aromatic N) is 4. The van der Waals surface area contributed by atoms with Crippen molar-refractivity contribution in [3.05, 3.63) is 101 Å². The van der Waals surface area contributed by atoms with Gasteiger partial charge in [0.25, 0.3) is 0 Å². The normalized spacial score (nSPS) is 15.2. The monoisotopic (exact) mass is 508 g/mol. The lowest BCUT2D eigenvalue weighted by molar-refractivity contribution is -0.138. The van der Waals surface area contributed by atoms with Gasteiger partial charge in [-0.3, -0.25) is 0 Å². The number of hydrogen-bond acceptors (Lipinski definition) is 7. The van der Waals surface area contributed by atoms with Gasteiger partial charge in [0, 0.05) is 24.2 Å². The molecule has 0 bridgehead atoms. The fourth-order valence-corrected chi connectivity index (χ4v) is 4.86. The van der Waals surface area contributed by atoms with Crippen LogP contribution in [-0.4, -0.2) is 44.8 Å². The largest absolute Gasteiger partial charge is 0.463 e. The van der Waals surface area contributed by atoms with Crippen molar-refractivity contribution < 1.29 is 9.53 Å². The molecular formula is C30H32N6O2. The summed E-state index contributed by atoms with van der Waals surface area (Å²) in [5.41, 5.74) is 10.4. The second kappa shape index (κ2) is 11.8. The number of nitrogens with one attached hydrogen (secondary N) is 2. The van der Waals surface area contributed by atoms with E-state index in [0.29, 0.717) is 24.4 Å². The SMILES string of the molecule is CCCCN1NC(c2ccccc2)C(C(=O)OCC)=C1Cc1ccc(-c2ccccc2-c2nnn[nH]2)cc1. The third kappa shape index (κ3) is 5.35. The number of H-pyrrole nitrogens is 1. The molecule has 1 unspecified atom stereocenters. The predicted molar refractivity (Wildman–Crippen MR) is 146 cm³/mol. The van der Waals surface area contributed by atoms with Crippen molar-refractivity contribution in [1.29, 1.82) is 0 Å². The standard InChI is InChI=1S/C30H32N6O2/c1-3-5-19-36-26(27(30(37)38-4-2)28(33-36)23-11-7-6-8-12-23)20-21-15-17-22(18-16-21)24-13-9-10-14-25(24)29-31-34-35-32-29/h6-18,28,33H,3-5,19-20H2,1-2H3,(H,31,32,34,35). The summed E-state index contributed by atoms with van der Waals surface area (Å²) >= 11 is 0. The topological polar surface area (TPSA) is 96.0 Å². The molecule has 5 rings (SSSR count). The van der Waals surface area contributed by atoms with E-state index in [9.17, 15) is 4.79 Å². The molecule has 3 aromatic carbocycles. The molecule has 1 aliphatic heterocycles. The number of allylic oxidation sites excluding steroid dienone is 1. The zero-order valence-corrected chi connectivity index (χ0v) is 21.7. The Hall–Kier alpha value is -4.30. The van der Waals surface area contributed by atoms with Crippen molar-refractivity contribution in [1.82, 2.24) is 31.1 Å². The number of carbonyl (C=O) groups excluding carboxylic acids is 1. The van der Waals surface area contributed by atoms with Crippen LogP contribution in [0.5, 0.6) is 0 Å². The van der Waals surface area contributed by atoms with Gasteiger partial charge in [-0.2, -0.15) is 0 Å². The highest BCUT2D eigenvalue weighted by Gasteiger charge is 2.36. The van der Waals surface area contributed by atoms with Crippen LogP contribution < -0.4 is 5.43 Å². The molecule has 0 aliphatic carbocycles. The van der Waals surface area contributed by atoms with Crippen LogP contribution >= 0.6 is 0 Å². The summed E-state index contributed by atoms with van der Waals surface area (Å²) in [4.78, 5) is 13.3. The molecule has 0 spiro atoms. The number of hydrogen-bond donors (Lipinski definition) is 2. The van der Waals surface area contributed by atoms with Crippen molar-refractivity contribution in [3.63, 3.8) is 0 Å². The highest BCUT2D eigenvalue weighted by atomic mass is 16.5. The Labute approximate surface area is 222 Å². The van der Waals surface area contributed by atoms with Crippen LogP contribution in [0.3, 0.4) is 0 Å². The van der Waals surface area contributed by atoms with Gasteiger partial charge in [0.2, 0.25) is 0 Å². The van der Waals surface area contributed by atoms with Gasteiger partial charge < -0.3 is 9.75 Å². The van der Waals surface area contributed by atoms with Gasteiger partial charge in [-0.25, -0.2) is 15.3 Å². The number of hydrazine groups is 1. The van der Waals surface area contributed by atoms with Gasteiger partial charge in [0.15, 0.2) is 5.82 Å². The first-order valence-electron chi connectivity index (χ1n) is 13.1. The highest BCUT2D eigenvalue weighted by Crippen LogP contribution is 2.36. The molecule has 2 heterocycles. The third-order valence-corrected chi connectivity index (χ3v) is 6.74. The zero-order chi connectivity index (χ0) is 26.3. The molecule has 38 heavy (non-hydrogen) atoms. The zero-order valence-electron chi connectivity index (χ0n) is 21.7. The van der Waals surface area contributed by atoms with Crippen molar-refractivity contribution in [3.8, 4) is 22.5 Å². The Morgan fingerprint density at radius 2 is 1.68 bits per heavy atom. The second-order valence-electron chi connectivity index (χ2n) is 9.23. The molecule has 0 amide bonds. The van der Waals surface area contributed by atoms with Crippen molar-refractivity contribution in [2.45, 2.75) is 39.2 Å². The van der Waals surface area contributed by atoms with Crippen LogP contribution in [0.2, 0.25) is 0 Å². The van der Waals surface area contributed by atoms with Gasteiger partial charge in [0.1, 0.15) is 0 Å². The van der Waals surface area contributed by atoms with E-state index in [1.807, 2.05) is 55.5 Å². The third-order valence-electron chi connectivity index (χ3n) is 6.74. The number of ether oxygens (including phenoxy) is 1. The van der Waals surface area contributed by atoms with Crippen LogP contribution in [0.4, 0.5) is 0 Å². The molecule has 1 atom stereocenters. The fraction of sp³-hybridized carbons (Fsp3) is 0.267. The highest BCUT2D eigenvalue weighted by molar-refractivity contribution is 5.91. The molecule has 2 N–H and O–H groups in total. The Kier molecular flexibility index (Phi) is 7.89. The Balaban J connectivity index is 1.49. The van der Waals surface area contributed by atoms with Crippen LogP contribution in [0.25, 0.3) is 22.5 Å². The molecule has 0 saturated heterocycles. The van der Waals surface area contributed by atoms with Gasteiger partial charge in [-0.15, -0.1) is 5.10 Å². The average Bonchev–Trinajstić information content (AvgIpc) is 3.62. The summed E-state index contributed by atoms with van der Waals surface area (Å²) in [6.07, 6.45) is 2.69. The number of aromatic amines is 1. The smallest absolute Gasteiger partial charge is 0.337 e. The quantitative estimate of drug-likeness (QED) is 0.282. The van der Waals surface area contributed by atoms with E-state index in [-0.39, 0.29) is 12.0 Å². The average molecular weight is 509 g/mol. The lowest BCUT2D eigenvalue weighted by Crippen LogP contribution is -2.35. The summed E-state index contributed by atoms with van der Waals surface area (Å²) in [6, 6.07) is 26.3. The lowest BCUT2D eigenvalue weighted by Gasteiger charge is -2.24. The van der Waals surface area contributed by atoms with E-state index in [1.54, 1.807) is 0 Å². The maximum absolute atomic E-state index is 13.3.